The quantitative estimate of drug-likeness (QED) is 0.192. The number of hydrogen-bond acceptors (Lipinski definition) is 1. The third-order valence-corrected chi connectivity index (χ3v) is 8.97. The molecule has 210 valence electrons. The summed E-state index contributed by atoms with van der Waals surface area (Å²) >= 11 is 0. The third-order valence-electron chi connectivity index (χ3n) is 8.97. The molecule has 9 aromatic rings. The van der Waals surface area contributed by atoms with Crippen molar-refractivity contribution in [3.63, 3.8) is 0 Å². The van der Waals surface area contributed by atoms with Gasteiger partial charge in [0.25, 0.3) is 0 Å². The number of fused-ring (bicyclic) bond motifs is 5. The van der Waals surface area contributed by atoms with Crippen molar-refractivity contribution in [3.8, 4) is 44.8 Å². The molecule has 0 unspecified atom stereocenters. The number of aromatic nitrogens is 2. The van der Waals surface area contributed by atoms with Crippen LogP contribution in [0.1, 0.15) is 0 Å². The van der Waals surface area contributed by atoms with Gasteiger partial charge in [-0.05, 0) is 55.8 Å². The lowest BCUT2D eigenvalue weighted by molar-refractivity contribution is 0.979. The van der Waals surface area contributed by atoms with E-state index in [1.807, 2.05) is 0 Å². The van der Waals surface area contributed by atoms with Crippen molar-refractivity contribution in [2.75, 3.05) is 0 Å². The van der Waals surface area contributed by atoms with Crippen molar-refractivity contribution < 1.29 is 0 Å². The van der Waals surface area contributed by atoms with Crippen LogP contribution in [0.5, 0.6) is 0 Å². The molecule has 2 heteroatoms. The van der Waals surface area contributed by atoms with Gasteiger partial charge in [0, 0.05) is 22.1 Å². The molecule has 0 N–H and O–H groups in total. The van der Waals surface area contributed by atoms with Crippen molar-refractivity contribution in [1.29, 1.82) is 0 Å². The summed E-state index contributed by atoms with van der Waals surface area (Å²) in [6.45, 7) is 0. The fourth-order valence-electron chi connectivity index (χ4n) is 6.90. The standard InChI is InChI=1S/C43H28N2/c1-3-13-29(14-4-1)39-28-35-19-9-12-22-38(35)43-41(30-15-5-2-6-16-30)42(44-45(39)43)32-25-23-31(24-26-32)40-36-20-10-7-17-33(36)27-34-18-8-11-21-37(34)40/h1-28H. The maximum Gasteiger partial charge on any atom is 0.101 e. The van der Waals surface area contributed by atoms with Crippen molar-refractivity contribution in [3.05, 3.63) is 170 Å². The lowest BCUT2D eigenvalue weighted by atomic mass is 9.91. The van der Waals surface area contributed by atoms with Crippen LogP contribution < -0.4 is 0 Å². The van der Waals surface area contributed by atoms with Gasteiger partial charge in [0.05, 0.1) is 11.2 Å². The van der Waals surface area contributed by atoms with E-state index in [4.69, 9.17) is 5.10 Å². The Hall–Kier alpha value is -5.99. The second-order valence-electron chi connectivity index (χ2n) is 11.6. The summed E-state index contributed by atoms with van der Waals surface area (Å²) in [6, 6.07) is 60.8. The third kappa shape index (κ3) is 4.15. The molecule has 0 atom stereocenters. The van der Waals surface area contributed by atoms with E-state index >= 15 is 0 Å². The van der Waals surface area contributed by atoms with E-state index in [0.29, 0.717) is 0 Å². The SMILES string of the molecule is c1ccc(-c2c(-c3ccc(-c4c5ccccc5cc5ccccc45)cc3)nn3c(-c4ccccc4)cc4ccccc4c23)cc1. The van der Waals surface area contributed by atoms with Gasteiger partial charge in [-0.15, -0.1) is 0 Å². The van der Waals surface area contributed by atoms with Gasteiger partial charge < -0.3 is 0 Å². The molecule has 0 radical (unpaired) electrons. The lowest BCUT2D eigenvalue weighted by Crippen LogP contribution is -1.95. The van der Waals surface area contributed by atoms with Crippen LogP contribution in [0.15, 0.2) is 170 Å². The fourth-order valence-corrected chi connectivity index (χ4v) is 6.90. The van der Waals surface area contributed by atoms with Gasteiger partial charge in [-0.25, -0.2) is 4.52 Å². The van der Waals surface area contributed by atoms with Gasteiger partial charge in [0.2, 0.25) is 0 Å². The smallest absolute Gasteiger partial charge is 0.101 e. The summed E-state index contributed by atoms with van der Waals surface area (Å²) < 4.78 is 2.15. The van der Waals surface area contributed by atoms with E-state index in [0.717, 1.165) is 39.2 Å². The highest BCUT2D eigenvalue weighted by Crippen LogP contribution is 2.42. The molecule has 0 bridgehead atoms. The predicted octanol–water partition coefficient (Wildman–Crippen LogP) is 11.5. The van der Waals surface area contributed by atoms with Crippen LogP contribution >= 0.6 is 0 Å². The number of rotatable bonds is 4. The number of pyridine rings is 1. The van der Waals surface area contributed by atoms with Crippen molar-refractivity contribution in [2.45, 2.75) is 0 Å². The highest BCUT2D eigenvalue weighted by Gasteiger charge is 2.21. The van der Waals surface area contributed by atoms with Gasteiger partial charge in [0.1, 0.15) is 5.69 Å². The van der Waals surface area contributed by atoms with Crippen LogP contribution in [0.4, 0.5) is 0 Å². The summed E-state index contributed by atoms with van der Waals surface area (Å²) in [5.41, 5.74) is 10.2. The van der Waals surface area contributed by atoms with E-state index in [1.165, 1.54) is 43.4 Å². The lowest BCUT2D eigenvalue weighted by Gasteiger charge is -2.13. The highest BCUT2D eigenvalue weighted by atomic mass is 15.2. The summed E-state index contributed by atoms with van der Waals surface area (Å²) in [5.74, 6) is 0. The number of benzene rings is 7. The highest BCUT2D eigenvalue weighted by molar-refractivity contribution is 6.13. The van der Waals surface area contributed by atoms with Gasteiger partial charge in [-0.1, -0.05) is 158 Å². The Kier molecular flexibility index (Phi) is 5.85. The summed E-state index contributed by atoms with van der Waals surface area (Å²) in [6.07, 6.45) is 0. The molecule has 7 aromatic carbocycles. The second kappa shape index (κ2) is 10.3. The van der Waals surface area contributed by atoms with E-state index in [-0.39, 0.29) is 0 Å². The maximum absolute atomic E-state index is 5.40. The first-order chi connectivity index (χ1) is 22.3. The number of nitrogens with zero attached hydrogens (tertiary/aromatic N) is 2. The molecular formula is C43H28N2. The Bertz CT molecular complexity index is 2450. The Morgan fingerprint density at radius 1 is 0.356 bits per heavy atom. The van der Waals surface area contributed by atoms with Gasteiger partial charge in [0.15, 0.2) is 0 Å². The average molecular weight is 573 g/mol. The molecule has 45 heavy (non-hydrogen) atoms. The maximum atomic E-state index is 5.40. The largest absolute Gasteiger partial charge is 0.231 e. The molecule has 0 saturated carbocycles. The second-order valence-corrected chi connectivity index (χ2v) is 11.6. The molecule has 2 nitrogen and oxygen atoms in total. The molecule has 2 heterocycles. The van der Waals surface area contributed by atoms with Gasteiger partial charge in [-0.3, -0.25) is 0 Å². The van der Waals surface area contributed by atoms with Crippen LogP contribution in [-0.2, 0) is 0 Å². The Morgan fingerprint density at radius 2 is 0.822 bits per heavy atom. The fraction of sp³-hybridized carbons (Fsp3) is 0. The molecule has 0 saturated heterocycles. The zero-order chi connectivity index (χ0) is 29.7. The molecule has 0 fully saturated rings. The first-order valence-corrected chi connectivity index (χ1v) is 15.4. The van der Waals surface area contributed by atoms with E-state index in [9.17, 15) is 0 Å². The molecular weight excluding hydrogens is 544 g/mol. The average Bonchev–Trinajstić information content (AvgIpc) is 3.52. The molecule has 0 amide bonds. The Morgan fingerprint density at radius 3 is 1.44 bits per heavy atom. The normalized spacial score (nSPS) is 11.6. The molecule has 9 rings (SSSR count). The predicted molar refractivity (Wildman–Crippen MR) is 189 cm³/mol. The van der Waals surface area contributed by atoms with Crippen LogP contribution in [0.3, 0.4) is 0 Å². The monoisotopic (exact) mass is 572 g/mol. The van der Waals surface area contributed by atoms with Gasteiger partial charge in [-0.2, -0.15) is 5.10 Å². The van der Waals surface area contributed by atoms with Crippen LogP contribution in [0, 0.1) is 0 Å². The van der Waals surface area contributed by atoms with Crippen LogP contribution in [-0.4, -0.2) is 9.61 Å². The minimum absolute atomic E-state index is 0.976. The minimum Gasteiger partial charge on any atom is -0.231 e. The molecule has 0 aliphatic rings. The summed E-state index contributed by atoms with van der Waals surface area (Å²) in [7, 11) is 0. The molecule has 0 aliphatic heterocycles. The Labute approximate surface area is 261 Å². The summed E-state index contributed by atoms with van der Waals surface area (Å²) in [5, 5.41) is 12.8. The van der Waals surface area contributed by atoms with E-state index in [2.05, 4.69) is 174 Å². The Balaban J connectivity index is 1.32. The molecule has 2 aromatic heterocycles. The van der Waals surface area contributed by atoms with Crippen molar-refractivity contribution in [1.82, 2.24) is 9.61 Å². The zero-order valence-corrected chi connectivity index (χ0v) is 24.6. The van der Waals surface area contributed by atoms with Crippen molar-refractivity contribution >= 4 is 37.8 Å². The zero-order valence-electron chi connectivity index (χ0n) is 24.6. The topological polar surface area (TPSA) is 17.3 Å². The van der Waals surface area contributed by atoms with Gasteiger partial charge >= 0.3 is 0 Å². The first-order valence-electron chi connectivity index (χ1n) is 15.4. The summed E-state index contributed by atoms with van der Waals surface area (Å²) in [4.78, 5) is 0. The van der Waals surface area contributed by atoms with E-state index in [1.54, 1.807) is 0 Å². The molecule has 0 spiro atoms. The molecule has 0 aliphatic carbocycles. The first kappa shape index (κ1) is 25.5. The van der Waals surface area contributed by atoms with E-state index < -0.39 is 0 Å². The van der Waals surface area contributed by atoms with Crippen molar-refractivity contribution in [2.24, 2.45) is 0 Å². The number of hydrogen-bond donors (Lipinski definition) is 0. The van der Waals surface area contributed by atoms with Crippen LogP contribution in [0.25, 0.3) is 82.6 Å². The van der Waals surface area contributed by atoms with Crippen LogP contribution in [0.2, 0.25) is 0 Å². The minimum atomic E-state index is 0.976.